The predicted molar refractivity (Wildman–Crippen MR) is 88.2 cm³/mol. The summed E-state index contributed by atoms with van der Waals surface area (Å²) in [6, 6.07) is 16.3. The van der Waals surface area contributed by atoms with Crippen LogP contribution in [0.3, 0.4) is 0 Å². The highest BCUT2D eigenvalue weighted by atomic mass is 19.1. The zero-order valence-corrected chi connectivity index (χ0v) is 13.1. The Balaban J connectivity index is 1.40. The molecule has 120 valence electrons. The third-order valence-electron chi connectivity index (χ3n) is 4.02. The van der Waals surface area contributed by atoms with E-state index in [0.29, 0.717) is 25.0 Å². The number of ether oxygens (including phenoxy) is 1. The number of oxime groups is 1. The van der Waals surface area contributed by atoms with Crippen LogP contribution in [0.4, 0.5) is 4.39 Å². The van der Waals surface area contributed by atoms with E-state index < -0.39 is 0 Å². The smallest absolute Gasteiger partial charge is 0.151 e. The van der Waals surface area contributed by atoms with Gasteiger partial charge in [0, 0.05) is 5.92 Å². The van der Waals surface area contributed by atoms with Crippen LogP contribution in [0.5, 0.6) is 5.75 Å². The van der Waals surface area contributed by atoms with Gasteiger partial charge < -0.3 is 9.57 Å². The van der Waals surface area contributed by atoms with Crippen LogP contribution in [-0.2, 0) is 4.84 Å². The number of para-hydroxylation sites is 1. The molecular formula is C19H20FNO2. The second-order valence-electron chi connectivity index (χ2n) is 5.73. The molecule has 3 nitrogen and oxygen atoms in total. The predicted octanol–water partition coefficient (Wildman–Crippen LogP) is 4.40. The molecule has 1 aliphatic carbocycles. The van der Waals surface area contributed by atoms with Crippen molar-refractivity contribution in [3.8, 4) is 5.75 Å². The zero-order chi connectivity index (χ0) is 16.1. The summed E-state index contributed by atoms with van der Waals surface area (Å²) in [5, 5.41) is 4.17. The summed E-state index contributed by atoms with van der Waals surface area (Å²) in [5.74, 6) is 1.47. The Morgan fingerprint density at radius 1 is 1.09 bits per heavy atom. The summed E-state index contributed by atoms with van der Waals surface area (Å²) in [7, 11) is 0. The van der Waals surface area contributed by atoms with Gasteiger partial charge in [-0.15, -0.1) is 0 Å². The van der Waals surface area contributed by atoms with E-state index in [0.717, 1.165) is 17.9 Å². The summed E-state index contributed by atoms with van der Waals surface area (Å²) in [5.41, 5.74) is 2.15. The van der Waals surface area contributed by atoms with Crippen molar-refractivity contribution in [1.82, 2.24) is 0 Å². The fourth-order valence-electron chi connectivity index (χ4n) is 2.66. The fraction of sp³-hybridized carbons (Fsp3) is 0.316. The van der Waals surface area contributed by atoms with E-state index in [2.05, 4.69) is 5.16 Å². The number of rotatable bonds is 7. The molecule has 0 amide bonds. The SMILES string of the molecule is CC(=NOCCOc1ccccc1)[C@@H]1C[C@H]1c1ccc(F)cc1. The number of nitrogens with zero attached hydrogens (tertiary/aromatic N) is 1. The Kier molecular flexibility index (Phi) is 4.91. The molecule has 1 saturated carbocycles. The average Bonchev–Trinajstić information content (AvgIpc) is 3.37. The Labute approximate surface area is 135 Å². The molecule has 23 heavy (non-hydrogen) atoms. The van der Waals surface area contributed by atoms with Crippen LogP contribution in [0.15, 0.2) is 59.8 Å². The van der Waals surface area contributed by atoms with Gasteiger partial charge >= 0.3 is 0 Å². The quantitative estimate of drug-likeness (QED) is 0.431. The molecule has 0 N–H and O–H groups in total. The van der Waals surface area contributed by atoms with Gasteiger partial charge in [0.25, 0.3) is 0 Å². The normalized spacial score (nSPS) is 20.2. The highest BCUT2D eigenvalue weighted by molar-refractivity contribution is 5.87. The Morgan fingerprint density at radius 3 is 2.57 bits per heavy atom. The van der Waals surface area contributed by atoms with Crippen molar-refractivity contribution in [3.05, 3.63) is 66.0 Å². The second kappa shape index (κ2) is 7.27. The maximum atomic E-state index is 12.9. The molecule has 0 heterocycles. The molecule has 2 atom stereocenters. The van der Waals surface area contributed by atoms with Gasteiger partial charge in [0.2, 0.25) is 0 Å². The van der Waals surface area contributed by atoms with E-state index in [1.165, 1.54) is 17.7 Å². The third kappa shape index (κ3) is 4.31. The lowest BCUT2D eigenvalue weighted by atomic mass is 10.1. The average molecular weight is 313 g/mol. The van der Waals surface area contributed by atoms with Gasteiger partial charge in [-0.05, 0) is 49.1 Å². The number of benzene rings is 2. The highest BCUT2D eigenvalue weighted by Gasteiger charge is 2.40. The first-order chi connectivity index (χ1) is 11.2. The minimum absolute atomic E-state index is 0.196. The lowest BCUT2D eigenvalue weighted by Gasteiger charge is -2.05. The van der Waals surface area contributed by atoms with E-state index >= 15 is 0 Å². The van der Waals surface area contributed by atoms with Crippen molar-refractivity contribution >= 4 is 5.71 Å². The molecule has 2 aromatic rings. The molecule has 0 saturated heterocycles. The Morgan fingerprint density at radius 2 is 1.83 bits per heavy atom. The van der Waals surface area contributed by atoms with Crippen LogP contribution in [0.1, 0.15) is 24.8 Å². The van der Waals surface area contributed by atoms with Crippen molar-refractivity contribution in [2.75, 3.05) is 13.2 Å². The van der Waals surface area contributed by atoms with Crippen molar-refractivity contribution in [3.63, 3.8) is 0 Å². The lowest BCUT2D eigenvalue weighted by molar-refractivity contribution is 0.106. The van der Waals surface area contributed by atoms with Crippen LogP contribution in [0.25, 0.3) is 0 Å². The topological polar surface area (TPSA) is 30.8 Å². The fourth-order valence-corrected chi connectivity index (χ4v) is 2.66. The molecule has 4 heteroatoms. The lowest BCUT2D eigenvalue weighted by Crippen LogP contribution is -2.06. The maximum Gasteiger partial charge on any atom is 0.151 e. The van der Waals surface area contributed by atoms with Crippen molar-refractivity contribution < 1.29 is 14.0 Å². The molecule has 0 radical (unpaired) electrons. The number of hydrogen-bond acceptors (Lipinski definition) is 3. The van der Waals surface area contributed by atoms with Crippen LogP contribution >= 0.6 is 0 Å². The standard InChI is InChI=1S/C19H20FNO2/c1-14(18-13-19(18)15-7-9-16(20)10-8-15)21-23-12-11-22-17-5-3-2-4-6-17/h2-10,18-19H,11-13H2,1H3/t18-,19-/m0/s1. The zero-order valence-electron chi connectivity index (χ0n) is 13.1. The van der Waals surface area contributed by atoms with Crippen LogP contribution in [0, 0.1) is 11.7 Å². The van der Waals surface area contributed by atoms with Gasteiger partial charge in [-0.2, -0.15) is 0 Å². The van der Waals surface area contributed by atoms with Crippen molar-refractivity contribution in [2.24, 2.45) is 11.1 Å². The summed E-state index contributed by atoms with van der Waals surface area (Å²) >= 11 is 0. The third-order valence-corrected chi connectivity index (χ3v) is 4.02. The maximum absolute atomic E-state index is 12.9. The van der Waals surface area contributed by atoms with Gasteiger partial charge in [0.05, 0.1) is 5.71 Å². The number of hydrogen-bond donors (Lipinski definition) is 0. The van der Waals surface area contributed by atoms with E-state index in [-0.39, 0.29) is 5.82 Å². The van der Waals surface area contributed by atoms with E-state index in [1.807, 2.05) is 49.4 Å². The molecule has 2 aromatic carbocycles. The molecule has 0 spiro atoms. The first-order valence-electron chi connectivity index (χ1n) is 7.84. The summed E-state index contributed by atoms with van der Waals surface area (Å²) < 4.78 is 18.5. The van der Waals surface area contributed by atoms with Crippen LogP contribution in [-0.4, -0.2) is 18.9 Å². The van der Waals surface area contributed by atoms with Crippen LogP contribution in [0.2, 0.25) is 0 Å². The molecule has 0 unspecified atom stereocenters. The molecule has 1 aliphatic rings. The van der Waals surface area contributed by atoms with Gasteiger partial charge in [0.1, 0.15) is 18.2 Å². The molecule has 0 aromatic heterocycles. The van der Waals surface area contributed by atoms with Gasteiger partial charge in [-0.3, -0.25) is 0 Å². The van der Waals surface area contributed by atoms with Crippen molar-refractivity contribution in [1.29, 1.82) is 0 Å². The Hall–Kier alpha value is -2.36. The minimum atomic E-state index is -0.196. The molecule has 0 bridgehead atoms. The van der Waals surface area contributed by atoms with E-state index in [4.69, 9.17) is 9.57 Å². The monoisotopic (exact) mass is 313 g/mol. The second-order valence-corrected chi connectivity index (χ2v) is 5.73. The van der Waals surface area contributed by atoms with E-state index in [9.17, 15) is 4.39 Å². The molecule has 3 rings (SSSR count). The first-order valence-corrected chi connectivity index (χ1v) is 7.84. The first kappa shape index (κ1) is 15.5. The molecule has 1 fully saturated rings. The van der Waals surface area contributed by atoms with Crippen molar-refractivity contribution in [2.45, 2.75) is 19.3 Å². The summed E-state index contributed by atoms with van der Waals surface area (Å²) in [4.78, 5) is 5.32. The highest BCUT2D eigenvalue weighted by Crippen LogP contribution is 2.48. The van der Waals surface area contributed by atoms with Gasteiger partial charge in [-0.25, -0.2) is 4.39 Å². The molecule has 0 aliphatic heterocycles. The van der Waals surface area contributed by atoms with E-state index in [1.54, 1.807) is 0 Å². The minimum Gasteiger partial charge on any atom is -0.490 e. The van der Waals surface area contributed by atoms with Gasteiger partial charge in [0.15, 0.2) is 6.61 Å². The Bertz CT molecular complexity index is 655. The summed E-state index contributed by atoms with van der Waals surface area (Å²) in [6.07, 6.45) is 1.05. The van der Waals surface area contributed by atoms with Crippen LogP contribution < -0.4 is 4.74 Å². The number of halogens is 1. The largest absolute Gasteiger partial charge is 0.490 e. The molecular weight excluding hydrogens is 293 g/mol. The summed E-state index contributed by atoms with van der Waals surface area (Å²) in [6.45, 7) is 2.86. The van der Waals surface area contributed by atoms with Gasteiger partial charge in [-0.1, -0.05) is 35.5 Å².